The van der Waals surface area contributed by atoms with Crippen LogP contribution in [0.15, 0.2) is 23.1 Å². The van der Waals surface area contributed by atoms with Gasteiger partial charge in [-0.1, -0.05) is 11.6 Å². The number of hydrogen-bond acceptors (Lipinski definition) is 5. The predicted octanol–water partition coefficient (Wildman–Crippen LogP) is 2.34. The zero-order valence-corrected chi connectivity index (χ0v) is 17.1. The second-order valence-electron chi connectivity index (χ2n) is 5.93. The standard InChI is InChI=1S/C17H27ClN2O5S/c1-5-24-16-8-7-14(11-15(16)18)26(22,23)20-13(4)17(21)19-9-6-10-25-12(2)3/h7-8,11-13,20H,5-6,9-10H2,1-4H3,(H,19,21)/t13-/m0/s1. The summed E-state index contributed by atoms with van der Waals surface area (Å²) in [5, 5.41) is 2.87. The molecule has 0 heterocycles. The van der Waals surface area contributed by atoms with Crippen LogP contribution in [0.5, 0.6) is 5.75 Å². The first kappa shape index (κ1) is 22.7. The van der Waals surface area contributed by atoms with E-state index in [2.05, 4.69) is 10.0 Å². The Balaban J connectivity index is 2.59. The molecule has 2 N–H and O–H groups in total. The van der Waals surface area contributed by atoms with Crippen LogP contribution in [0.3, 0.4) is 0 Å². The molecule has 1 rings (SSSR count). The Bertz CT molecular complexity index is 694. The third kappa shape index (κ3) is 7.49. The summed E-state index contributed by atoms with van der Waals surface area (Å²) in [6.07, 6.45) is 0.787. The Morgan fingerprint density at radius 3 is 2.54 bits per heavy atom. The summed E-state index contributed by atoms with van der Waals surface area (Å²) in [7, 11) is -3.88. The highest BCUT2D eigenvalue weighted by Gasteiger charge is 2.22. The maximum absolute atomic E-state index is 12.4. The van der Waals surface area contributed by atoms with Crippen LogP contribution >= 0.6 is 11.6 Å². The van der Waals surface area contributed by atoms with E-state index in [0.717, 1.165) is 0 Å². The van der Waals surface area contributed by atoms with Crippen molar-refractivity contribution in [2.75, 3.05) is 19.8 Å². The van der Waals surface area contributed by atoms with Crippen molar-refractivity contribution in [3.05, 3.63) is 23.2 Å². The summed E-state index contributed by atoms with van der Waals surface area (Å²) in [6.45, 7) is 8.51. The molecule has 1 aromatic carbocycles. The normalized spacial score (nSPS) is 12.8. The lowest BCUT2D eigenvalue weighted by molar-refractivity contribution is -0.122. The molecular formula is C17H27ClN2O5S. The number of ether oxygens (including phenoxy) is 2. The molecule has 148 valence electrons. The van der Waals surface area contributed by atoms with Gasteiger partial charge in [0.15, 0.2) is 0 Å². The second kappa shape index (κ2) is 10.7. The van der Waals surface area contributed by atoms with E-state index in [1.54, 1.807) is 6.92 Å². The van der Waals surface area contributed by atoms with E-state index in [1.165, 1.54) is 25.1 Å². The van der Waals surface area contributed by atoms with Crippen molar-refractivity contribution in [2.24, 2.45) is 0 Å². The maximum Gasteiger partial charge on any atom is 0.241 e. The molecule has 0 fully saturated rings. The van der Waals surface area contributed by atoms with Crippen LogP contribution < -0.4 is 14.8 Å². The SMILES string of the molecule is CCOc1ccc(S(=O)(=O)N[C@@H](C)C(=O)NCCCOC(C)C)cc1Cl. The topological polar surface area (TPSA) is 93.7 Å². The monoisotopic (exact) mass is 406 g/mol. The first-order valence-corrected chi connectivity index (χ1v) is 10.4. The van der Waals surface area contributed by atoms with Gasteiger partial charge < -0.3 is 14.8 Å². The van der Waals surface area contributed by atoms with Gasteiger partial charge in [-0.05, 0) is 52.3 Å². The van der Waals surface area contributed by atoms with Crippen molar-refractivity contribution in [1.82, 2.24) is 10.0 Å². The fraction of sp³-hybridized carbons (Fsp3) is 0.588. The van der Waals surface area contributed by atoms with E-state index >= 15 is 0 Å². The summed E-state index contributed by atoms with van der Waals surface area (Å²) >= 11 is 6.03. The number of sulfonamides is 1. The van der Waals surface area contributed by atoms with E-state index in [0.29, 0.717) is 31.9 Å². The average molecular weight is 407 g/mol. The fourth-order valence-electron chi connectivity index (χ4n) is 2.03. The number of nitrogens with one attached hydrogen (secondary N) is 2. The van der Waals surface area contributed by atoms with Crippen LogP contribution in [0.1, 0.15) is 34.1 Å². The van der Waals surface area contributed by atoms with Crippen LogP contribution in [0.4, 0.5) is 0 Å². The van der Waals surface area contributed by atoms with Gasteiger partial charge in [0.1, 0.15) is 5.75 Å². The lowest BCUT2D eigenvalue weighted by Crippen LogP contribution is -2.45. The summed E-state index contributed by atoms with van der Waals surface area (Å²) in [6, 6.07) is 3.24. The van der Waals surface area contributed by atoms with Crippen LogP contribution in [0.2, 0.25) is 5.02 Å². The van der Waals surface area contributed by atoms with Gasteiger partial charge in [-0.15, -0.1) is 0 Å². The largest absolute Gasteiger partial charge is 0.492 e. The molecule has 1 aromatic rings. The van der Waals surface area contributed by atoms with Crippen molar-refractivity contribution in [1.29, 1.82) is 0 Å². The number of benzene rings is 1. The quantitative estimate of drug-likeness (QED) is 0.550. The first-order valence-electron chi connectivity index (χ1n) is 8.51. The molecule has 0 radical (unpaired) electrons. The van der Waals surface area contributed by atoms with Crippen molar-refractivity contribution < 1.29 is 22.7 Å². The summed E-state index contributed by atoms with van der Waals surface area (Å²) in [5.41, 5.74) is 0. The second-order valence-corrected chi connectivity index (χ2v) is 8.05. The average Bonchev–Trinajstić information content (AvgIpc) is 2.55. The number of carbonyl (C=O) groups is 1. The summed E-state index contributed by atoms with van der Waals surface area (Å²) in [5.74, 6) is -0.00215. The van der Waals surface area contributed by atoms with E-state index in [4.69, 9.17) is 21.1 Å². The molecule has 0 saturated heterocycles. The van der Waals surface area contributed by atoms with Gasteiger partial charge in [0.25, 0.3) is 0 Å². The molecule has 0 spiro atoms. The zero-order chi connectivity index (χ0) is 19.7. The van der Waals surface area contributed by atoms with Crippen molar-refractivity contribution >= 4 is 27.5 Å². The Hall–Kier alpha value is -1.35. The number of amides is 1. The predicted molar refractivity (Wildman–Crippen MR) is 101 cm³/mol. The minimum absolute atomic E-state index is 0.0315. The molecular weight excluding hydrogens is 380 g/mol. The highest BCUT2D eigenvalue weighted by molar-refractivity contribution is 7.89. The van der Waals surface area contributed by atoms with Crippen molar-refractivity contribution in [2.45, 2.75) is 51.2 Å². The lowest BCUT2D eigenvalue weighted by Gasteiger charge is -2.15. The van der Waals surface area contributed by atoms with Gasteiger partial charge in [-0.3, -0.25) is 4.79 Å². The highest BCUT2D eigenvalue weighted by atomic mass is 35.5. The van der Waals surface area contributed by atoms with Crippen molar-refractivity contribution in [3.63, 3.8) is 0 Å². The molecule has 1 amide bonds. The van der Waals surface area contributed by atoms with E-state index in [1.807, 2.05) is 13.8 Å². The fourth-order valence-corrected chi connectivity index (χ4v) is 3.56. The highest BCUT2D eigenvalue weighted by Crippen LogP contribution is 2.27. The molecule has 0 aliphatic rings. The molecule has 0 saturated carbocycles. The van der Waals surface area contributed by atoms with Gasteiger partial charge in [-0.2, -0.15) is 4.72 Å². The van der Waals surface area contributed by atoms with E-state index in [-0.39, 0.29) is 16.0 Å². The van der Waals surface area contributed by atoms with Gasteiger partial charge in [0.05, 0.1) is 28.7 Å². The van der Waals surface area contributed by atoms with Gasteiger partial charge in [-0.25, -0.2) is 8.42 Å². The molecule has 0 aliphatic carbocycles. The Kier molecular flexibility index (Phi) is 9.35. The minimum Gasteiger partial charge on any atom is -0.492 e. The Morgan fingerprint density at radius 2 is 1.96 bits per heavy atom. The molecule has 1 atom stereocenters. The summed E-state index contributed by atoms with van der Waals surface area (Å²) in [4.78, 5) is 12.0. The van der Waals surface area contributed by atoms with Gasteiger partial charge >= 0.3 is 0 Å². The molecule has 0 unspecified atom stereocenters. The first-order chi connectivity index (χ1) is 12.2. The third-order valence-corrected chi connectivity index (χ3v) is 5.14. The van der Waals surface area contributed by atoms with Gasteiger partial charge in [0, 0.05) is 13.2 Å². The molecule has 7 nitrogen and oxygen atoms in total. The van der Waals surface area contributed by atoms with Crippen LogP contribution in [0.25, 0.3) is 0 Å². The van der Waals surface area contributed by atoms with Gasteiger partial charge in [0.2, 0.25) is 15.9 Å². The number of rotatable bonds is 11. The molecule has 0 bridgehead atoms. The number of halogens is 1. The van der Waals surface area contributed by atoms with Crippen LogP contribution in [-0.4, -0.2) is 46.2 Å². The third-order valence-electron chi connectivity index (χ3n) is 3.31. The molecule has 26 heavy (non-hydrogen) atoms. The Morgan fingerprint density at radius 1 is 1.27 bits per heavy atom. The van der Waals surface area contributed by atoms with Crippen molar-refractivity contribution in [3.8, 4) is 5.75 Å². The zero-order valence-electron chi connectivity index (χ0n) is 15.5. The Labute approximate surface area is 160 Å². The van der Waals surface area contributed by atoms with E-state index in [9.17, 15) is 13.2 Å². The number of hydrogen-bond donors (Lipinski definition) is 2. The molecule has 0 aromatic heterocycles. The smallest absolute Gasteiger partial charge is 0.241 e. The van der Waals surface area contributed by atoms with Crippen LogP contribution in [-0.2, 0) is 19.6 Å². The van der Waals surface area contributed by atoms with Crippen LogP contribution in [0, 0.1) is 0 Å². The van der Waals surface area contributed by atoms with E-state index < -0.39 is 22.0 Å². The molecule has 0 aliphatic heterocycles. The lowest BCUT2D eigenvalue weighted by atomic mass is 10.3. The summed E-state index contributed by atoms with van der Waals surface area (Å²) < 4.78 is 37.8. The maximum atomic E-state index is 12.4. The minimum atomic E-state index is -3.88. The molecule has 9 heteroatoms. The number of carbonyl (C=O) groups excluding carboxylic acids is 1.